The van der Waals surface area contributed by atoms with Crippen molar-refractivity contribution in [2.24, 2.45) is 0 Å². The Bertz CT molecular complexity index is 901. The fourth-order valence-electron chi connectivity index (χ4n) is 4.77. The highest BCUT2D eigenvalue weighted by atomic mass is 16.5. The van der Waals surface area contributed by atoms with Gasteiger partial charge in [-0.15, -0.1) is 0 Å². The Morgan fingerprint density at radius 2 is 1.97 bits per heavy atom. The predicted molar refractivity (Wildman–Crippen MR) is 120 cm³/mol. The van der Waals surface area contributed by atoms with Gasteiger partial charge < -0.3 is 10.1 Å². The molecule has 1 amide bonds. The van der Waals surface area contributed by atoms with Gasteiger partial charge in [-0.05, 0) is 45.7 Å². The van der Waals surface area contributed by atoms with E-state index in [1.54, 1.807) is 0 Å². The number of nitrogens with one attached hydrogen (secondary N) is 1. The van der Waals surface area contributed by atoms with E-state index in [9.17, 15) is 4.79 Å². The van der Waals surface area contributed by atoms with Gasteiger partial charge in [-0.25, -0.2) is 0 Å². The molecule has 2 saturated heterocycles. The number of hydrogen-bond acceptors (Lipinski definition) is 4. The van der Waals surface area contributed by atoms with Crippen molar-refractivity contribution in [3.05, 3.63) is 41.6 Å². The van der Waals surface area contributed by atoms with Crippen LogP contribution in [-0.4, -0.2) is 58.5 Å². The molecule has 2 bridgehead atoms. The number of benzene rings is 1. The van der Waals surface area contributed by atoms with Gasteiger partial charge in [0.25, 0.3) is 5.91 Å². The minimum absolute atomic E-state index is 0.0619. The Balaban J connectivity index is 1.49. The van der Waals surface area contributed by atoms with Crippen molar-refractivity contribution in [3.8, 4) is 0 Å². The van der Waals surface area contributed by atoms with Gasteiger partial charge in [-0.3, -0.25) is 14.4 Å². The van der Waals surface area contributed by atoms with Gasteiger partial charge in [0.1, 0.15) is 0 Å². The fourth-order valence-corrected chi connectivity index (χ4v) is 4.77. The van der Waals surface area contributed by atoms with Crippen LogP contribution in [0, 0.1) is 0 Å². The molecule has 0 saturated carbocycles. The molecule has 162 valence electrons. The standard InChI is InChI=1S/C24H34N4O2/c1-4-5-11-27-19-13-18(14-20(27)16-30-15-19)25-24(29)23-21-8-6-7-9-22(21)28(26-23)12-10-17(2)3/h6-10,18-20H,4-5,11-16H2,1-3H3,(H,25,29)/t18-,19-,20+. The summed E-state index contributed by atoms with van der Waals surface area (Å²) in [5, 5.41) is 8.90. The van der Waals surface area contributed by atoms with E-state index < -0.39 is 0 Å². The summed E-state index contributed by atoms with van der Waals surface area (Å²) in [5.74, 6) is -0.0619. The zero-order valence-electron chi connectivity index (χ0n) is 18.4. The summed E-state index contributed by atoms with van der Waals surface area (Å²) in [4.78, 5) is 15.8. The number of rotatable bonds is 7. The molecule has 4 rings (SSSR count). The summed E-state index contributed by atoms with van der Waals surface area (Å²) in [6.07, 6.45) is 6.46. The normalized spacial score (nSPS) is 24.0. The summed E-state index contributed by atoms with van der Waals surface area (Å²) in [6.45, 7) is 9.74. The van der Waals surface area contributed by atoms with Crippen LogP contribution in [0.4, 0.5) is 0 Å². The van der Waals surface area contributed by atoms with E-state index in [2.05, 4.69) is 42.2 Å². The van der Waals surface area contributed by atoms with Crippen molar-refractivity contribution in [1.29, 1.82) is 0 Å². The number of amides is 1. The van der Waals surface area contributed by atoms with Crippen LogP contribution in [0.3, 0.4) is 0 Å². The molecule has 2 aromatic rings. The van der Waals surface area contributed by atoms with E-state index in [0.29, 0.717) is 24.3 Å². The van der Waals surface area contributed by atoms with E-state index in [4.69, 9.17) is 4.74 Å². The van der Waals surface area contributed by atoms with Gasteiger partial charge in [0.05, 0.1) is 25.3 Å². The first kappa shape index (κ1) is 21.1. The number of ether oxygens (including phenoxy) is 1. The van der Waals surface area contributed by atoms with Crippen molar-refractivity contribution >= 4 is 16.8 Å². The first-order chi connectivity index (χ1) is 14.6. The summed E-state index contributed by atoms with van der Waals surface area (Å²) in [7, 11) is 0. The Morgan fingerprint density at radius 1 is 1.23 bits per heavy atom. The Morgan fingerprint density at radius 3 is 2.67 bits per heavy atom. The van der Waals surface area contributed by atoms with Crippen molar-refractivity contribution in [2.45, 2.75) is 71.1 Å². The second-order valence-corrected chi connectivity index (χ2v) is 8.91. The molecular weight excluding hydrogens is 376 g/mol. The molecule has 2 aliphatic rings. The lowest BCUT2D eigenvalue weighted by Crippen LogP contribution is -2.60. The first-order valence-corrected chi connectivity index (χ1v) is 11.3. The molecule has 2 aliphatic heterocycles. The Labute approximate surface area is 179 Å². The number of carbonyl (C=O) groups excluding carboxylic acids is 1. The van der Waals surface area contributed by atoms with Gasteiger partial charge in [0.2, 0.25) is 0 Å². The topological polar surface area (TPSA) is 59.4 Å². The first-order valence-electron chi connectivity index (χ1n) is 11.3. The van der Waals surface area contributed by atoms with Crippen LogP contribution < -0.4 is 5.32 Å². The number of piperidine rings is 1. The van der Waals surface area contributed by atoms with E-state index in [-0.39, 0.29) is 11.9 Å². The lowest BCUT2D eigenvalue weighted by atomic mass is 9.89. The molecular formula is C24H34N4O2. The number of carbonyl (C=O) groups is 1. The van der Waals surface area contributed by atoms with E-state index >= 15 is 0 Å². The average molecular weight is 411 g/mol. The number of fused-ring (bicyclic) bond motifs is 3. The van der Waals surface area contributed by atoms with Gasteiger partial charge >= 0.3 is 0 Å². The maximum Gasteiger partial charge on any atom is 0.272 e. The van der Waals surface area contributed by atoms with Gasteiger partial charge in [0.15, 0.2) is 5.69 Å². The lowest BCUT2D eigenvalue weighted by molar-refractivity contribution is -0.0802. The second-order valence-electron chi connectivity index (χ2n) is 8.91. The third kappa shape index (κ3) is 4.44. The van der Waals surface area contributed by atoms with Gasteiger partial charge in [0, 0.05) is 23.5 Å². The number of allylic oxidation sites excluding steroid dienone is 2. The van der Waals surface area contributed by atoms with Crippen LogP contribution in [0.1, 0.15) is 56.9 Å². The van der Waals surface area contributed by atoms with Crippen molar-refractivity contribution in [1.82, 2.24) is 20.0 Å². The zero-order valence-corrected chi connectivity index (χ0v) is 18.4. The number of hydrogen-bond donors (Lipinski definition) is 1. The molecule has 3 atom stereocenters. The van der Waals surface area contributed by atoms with Crippen LogP contribution in [0.25, 0.3) is 10.9 Å². The maximum atomic E-state index is 13.2. The van der Waals surface area contributed by atoms with Crippen LogP contribution in [0.15, 0.2) is 35.9 Å². The number of aromatic nitrogens is 2. The number of unbranched alkanes of at least 4 members (excludes halogenated alkanes) is 1. The van der Waals surface area contributed by atoms with Crippen LogP contribution in [-0.2, 0) is 11.3 Å². The molecule has 6 nitrogen and oxygen atoms in total. The largest absolute Gasteiger partial charge is 0.378 e. The van der Waals surface area contributed by atoms with Crippen LogP contribution in [0.2, 0.25) is 0 Å². The third-order valence-corrected chi connectivity index (χ3v) is 6.32. The van der Waals surface area contributed by atoms with Crippen molar-refractivity contribution < 1.29 is 9.53 Å². The summed E-state index contributed by atoms with van der Waals surface area (Å²) >= 11 is 0. The molecule has 1 N–H and O–H groups in total. The molecule has 30 heavy (non-hydrogen) atoms. The number of morpholine rings is 1. The minimum atomic E-state index is -0.0619. The maximum absolute atomic E-state index is 13.2. The molecule has 1 aromatic carbocycles. The van der Waals surface area contributed by atoms with Crippen molar-refractivity contribution in [2.75, 3.05) is 19.8 Å². The van der Waals surface area contributed by atoms with E-state index in [1.807, 2.05) is 28.9 Å². The predicted octanol–water partition coefficient (Wildman–Crippen LogP) is 3.76. The molecule has 0 unspecified atom stereocenters. The zero-order chi connectivity index (χ0) is 21.1. The van der Waals surface area contributed by atoms with Gasteiger partial charge in [-0.1, -0.05) is 43.2 Å². The fraction of sp³-hybridized carbons (Fsp3) is 0.583. The van der Waals surface area contributed by atoms with Crippen LogP contribution >= 0.6 is 0 Å². The molecule has 0 spiro atoms. The summed E-state index contributed by atoms with van der Waals surface area (Å²) in [6, 6.07) is 8.98. The highest BCUT2D eigenvalue weighted by molar-refractivity contribution is 6.05. The quantitative estimate of drug-likeness (QED) is 0.706. The summed E-state index contributed by atoms with van der Waals surface area (Å²) in [5.41, 5.74) is 2.77. The smallest absolute Gasteiger partial charge is 0.272 e. The van der Waals surface area contributed by atoms with Crippen molar-refractivity contribution in [3.63, 3.8) is 0 Å². The van der Waals surface area contributed by atoms with E-state index in [1.165, 1.54) is 18.4 Å². The van der Waals surface area contributed by atoms with Gasteiger partial charge in [-0.2, -0.15) is 5.10 Å². The highest BCUT2D eigenvalue weighted by Gasteiger charge is 2.39. The lowest BCUT2D eigenvalue weighted by Gasteiger charge is -2.48. The SMILES string of the molecule is CCCCN1[C@@H]2COC[C@H]1C[C@@H](NC(=O)c1nn(CC=C(C)C)c3ccccc13)C2. The molecule has 0 radical (unpaired) electrons. The minimum Gasteiger partial charge on any atom is -0.378 e. The highest BCUT2D eigenvalue weighted by Crippen LogP contribution is 2.28. The van der Waals surface area contributed by atoms with E-state index in [0.717, 1.165) is 43.5 Å². The Hall–Kier alpha value is -2.18. The molecule has 2 fully saturated rings. The Kier molecular flexibility index (Phi) is 6.54. The molecule has 0 aliphatic carbocycles. The van der Waals surface area contributed by atoms with Crippen LogP contribution in [0.5, 0.6) is 0 Å². The molecule has 1 aromatic heterocycles. The number of para-hydroxylation sites is 1. The number of nitrogens with zero attached hydrogens (tertiary/aromatic N) is 3. The molecule has 3 heterocycles. The third-order valence-electron chi connectivity index (χ3n) is 6.32. The second kappa shape index (κ2) is 9.31. The average Bonchev–Trinajstić information content (AvgIpc) is 3.09. The monoisotopic (exact) mass is 410 g/mol. The summed E-state index contributed by atoms with van der Waals surface area (Å²) < 4.78 is 7.74. The molecule has 6 heteroatoms.